The van der Waals surface area contributed by atoms with E-state index in [1.165, 1.54) is 16.1 Å². The number of urea groups is 1. The second-order valence-electron chi connectivity index (χ2n) is 4.80. The summed E-state index contributed by atoms with van der Waals surface area (Å²) in [5.74, 6) is 0.635. The Labute approximate surface area is 122 Å². The highest BCUT2D eigenvalue weighted by atomic mass is 32.1. The zero-order chi connectivity index (χ0) is 14.7. The molecular formula is C13H19N5OS. The van der Waals surface area contributed by atoms with Crippen molar-refractivity contribution in [2.45, 2.75) is 39.8 Å². The number of aromatic nitrogens is 3. The van der Waals surface area contributed by atoms with Crippen LogP contribution in [-0.2, 0) is 0 Å². The van der Waals surface area contributed by atoms with Crippen LogP contribution in [0, 0.1) is 13.8 Å². The van der Waals surface area contributed by atoms with Crippen LogP contribution in [0.4, 0.5) is 4.79 Å². The van der Waals surface area contributed by atoms with E-state index in [1.807, 2.05) is 13.8 Å². The third kappa shape index (κ3) is 3.36. The summed E-state index contributed by atoms with van der Waals surface area (Å²) in [6.07, 6.45) is 1.42. The normalized spacial score (nSPS) is 13.8. The Bertz CT molecular complexity index is 578. The monoisotopic (exact) mass is 293 g/mol. The van der Waals surface area contributed by atoms with Crippen molar-refractivity contribution in [2.24, 2.45) is 0 Å². The van der Waals surface area contributed by atoms with Gasteiger partial charge in [-0.2, -0.15) is 5.10 Å². The summed E-state index contributed by atoms with van der Waals surface area (Å²) < 4.78 is 0. The van der Waals surface area contributed by atoms with Gasteiger partial charge in [-0.15, -0.1) is 11.3 Å². The average molecular weight is 293 g/mol. The molecule has 0 bridgehead atoms. The molecule has 2 heterocycles. The van der Waals surface area contributed by atoms with Crippen LogP contribution in [0.3, 0.4) is 0 Å². The lowest BCUT2D eigenvalue weighted by Crippen LogP contribution is -2.38. The number of aromatic amines is 1. The Hall–Kier alpha value is -1.89. The predicted octanol–water partition coefficient (Wildman–Crippen LogP) is 2.60. The van der Waals surface area contributed by atoms with Crippen LogP contribution < -0.4 is 10.6 Å². The molecule has 3 N–H and O–H groups in total. The number of hydrogen-bond acceptors (Lipinski definition) is 4. The number of amides is 2. The van der Waals surface area contributed by atoms with Gasteiger partial charge in [0.1, 0.15) is 12.2 Å². The van der Waals surface area contributed by atoms with Crippen LogP contribution in [0.5, 0.6) is 0 Å². The number of thiophene rings is 1. The van der Waals surface area contributed by atoms with Gasteiger partial charge in [0, 0.05) is 9.75 Å². The highest BCUT2D eigenvalue weighted by Crippen LogP contribution is 2.26. The summed E-state index contributed by atoms with van der Waals surface area (Å²) in [5, 5.41) is 12.3. The van der Waals surface area contributed by atoms with Gasteiger partial charge in [0.15, 0.2) is 0 Å². The van der Waals surface area contributed by atoms with E-state index < -0.39 is 0 Å². The lowest BCUT2D eigenvalue weighted by Gasteiger charge is -2.17. The summed E-state index contributed by atoms with van der Waals surface area (Å²) in [5.41, 5.74) is 1.16. The minimum absolute atomic E-state index is 0.0260. The fourth-order valence-corrected chi connectivity index (χ4v) is 3.11. The maximum atomic E-state index is 12.0. The van der Waals surface area contributed by atoms with Gasteiger partial charge in [0.2, 0.25) is 0 Å². The zero-order valence-electron chi connectivity index (χ0n) is 12.0. The van der Waals surface area contributed by atoms with Crippen LogP contribution in [0.2, 0.25) is 0 Å². The van der Waals surface area contributed by atoms with E-state index in [-0.39, 0.29) is 18.1 Å². The highest BCUT2D eigenvalue weighted by molar-refractivity contribution is 7.12. The van der Waals surface area contributed by atoms with Gasteiger partial charge in [-0.3, -0.25) is 5.10 Å². The maximum Gasteiger partial charge on any atom is 0.315 e. The van der Waals surface area contributed by atoms with Gasteiger partial charge in [-0.25, -0.2) is 9.78 Å². The van der Waals surface area contributed by atoms with Gasteiger partial charge in [-0.1, -0.05) is 0 Å². The van der Waals surface area contributed by atoms with E-state index >= 15 is 0 Å². The summed E-state index contributed by atoms with van der Waals surface area (Å²) in [4.78, 5) is 18.5. The molecule has 2 rings (SSSR count). The predicted molar refractivity (Wildman–Crippen MR) is 78.7 cm³/mol. The minimum atomic E-state index is -0.218. The molecule has 2 unspecified atom stereocenters. The molecule has 0 aliphatic carbocycles. The minimum Gasteiger partial charge on any atom is -0.332 e. The van der Waals surface area contributed by atoms with E-state index in [9.17, 15) is 4.79 Å². The van der Waals surface area contributed by atoms with Gasteiger partial charge in [-0.05, 0) is 39.3 Å². The fourth-order valence-electron chi connectivity index (χ4n) is 2.09. The third-order valence-corrected chi connectivity index (χ3v) is 4.07. The summed E-state index contributed by atoms with van der Waals surface area (Å²) in [6.45, 7) is 7.97. The number of aryl methyl sites for hydroxylation is 2. The Morgan fingerprint density at radius 3 is 2.55 bits per heavy atom. The first kappa shape index (κ1) is 14.5. The molecule has 108 valence electrons. The molecule has 2 amide bonds. The van der Waals surface area contributed by atoms with Crippen molar-refractivity contribution < 1.29 is 4.79 Å². The van der Waals surface area contributed by atoms with E-state index in [0.29, 0.717) is 5.82 Å². The maximum absolute atomic E-state index is 12.0. The largest absolute Gasteiger partial charge is 0.332 e. The first-order valence-corrected chi connectivity index (χ1v) is 7.28. The molecule has 0 aromatic carbocycles. The number of rotatable bonds is 4. The number of carbonyl (C=O) groups is 1. The van der Waals surface area contributed by atoms with Gasteiger partial charge >= 0.3 is 6.03 Å². The van der Waals surface area contributed by atoms with Crippen molar-refractivity contribution in [1.29, 1.82) is 0 Å². The molecule has 0 radical (unpaired) electrons. The van der Waals surface area contributed by atoms with E-state index in [1.54, 1.807) is 11.3 Å². The number of nitrogens with one attached hydrogen (secondary N) is 3. The number of hydrogen-bond donors (Lipinski definition) is 3. The van der Waals surface area contributed by atoms with E-state index in [4.69, 9.17) is 0 Å². The Balaban J connectivity index is 1.93. The standard InChI is InChI=1S/C13H19N5OS/c1-7-5-11(10(4)20-7)8(2)16-13(19)17-9(3)12-14-6-15-18-12/h5-6,8-9H,1-4H3,(H,14,15,18)(H2,16,17,19). The van der Waals surface area contributed by atoms with Crippen LogP contribution in [0.1, 0.15) is 47.1 Å². The summed E-state index contributed by atoms with van der Waals surface area (Å²) >= 11 is 1.74. The van der Waals surface area contributed by atoms with Crippen LogP contribution in [0.25, 0.3) is 0 Å². The molecule has 0 saturated heterocycles. The first-order chi connectivity index (χ1) is 9.47. The fraction of sp³-hybridized carbons (Fsp3) is 0.462. The summed E-state index contributed by atoms with van der Waals surface area (Å²) in [6, 6.07) is 1.66. The molecule has 0 aliphatic rings. The van der Waals surface area contributed by atoms with Gasteiger partial charge < -0.3 is 10.6 Å². The quantitative estimate of drug-likeness (QED) is 0.810. The van der Waals surface area contributed by atoms with Gasteiger partial charge in [0.25, 0.3) is 0 Å². The Kier molecular flexibility index (Phi) is 4.39. The van der Waals surface area contributed by atoms with Crippen molar-refractivity contribution in [1.82, 2.24) is 25.8 Å². The Morgan fingerprint density at radius 1 is 1.30 bits per heavy atom. The molecule has 0 spiro atoms. The smallest absolute Gasteiger partial charge is 0.315 e. The molecule has 6 nitrogen and oxygen atoms in total. The SMILES string of the molecule is Cc1cc(C(C)NC(=O)NC(C)c2ncn[nH]2)c(C)s1. The van der Waals surface area contributed by atoms with Crippen LogP contribution in [-0.4, -0.2) is 21.2 Å². The zero-order valence-corrected chi connectivity index (χ0v) is 12.8. The van der Waals surface area contributed by atoms with E-state index in [0.717, 1.165) is 5.56 Å². The van der Waals surface area contributed by atoms with Crippen LogP contribution in [0.15, 0.2) is 12.4 Å². The Morgan fingerprint density at radius 2 is 2.00 bits per heavy atom. The second-order valence-corrected chi connectivity index (χ2v) is 6.26. The van der Waals surface area contributed by atoms with Gasteiger partial charge in [0.05, 0.1) is 12.1 Å². The molecule has 0 saturated carbocycles. The first-order valence-electron chi connectivity index (χ1n) is 6.46. The number of carbonyl (C=O) groups excluding carboxylic acids is 1. The molecule has 7 heteroatoms. The third-order valence-electron chi connectivity index (χ3n) is 3.08. The highest BCUT2D eigenvalue weighted by Gasteiger charge is 2.16. The lowest BCUT2D eigenvalue weighted by atomic mass is 10.1. The molecule has 0 aliphatic heterocycles. The molecule has 0 fully saturated rings. The van der Waals surface area contributed by atoms with Crippen molar-refractivity contribution in [2.75, 3.05) is 0 Å². The lowest BCUT2D eigenvalue weighted by molar-refractivity contribution is 0.234. The van der Waals surface area contributed by atoms with Crippen molar-refractivity contribution >= 4 is 17.4 Å². The average Bonchev–Trinajstić information content (AvgIpc) is 2.98. The second kappa shape index (κ2) is 6.04. The molecule has 2 aromatic heterocycles. The van der Waals surface area contributed by atoms with Crippen molar-refractivity contribution in [3.63, 3.8) is 0 Å². The number of nitrogens with zero attached hydrogens (tertiary/aromatic N) is 2. The van der Waals surface area contributed by atoms with Crippen LogP contribution >= 0.6 is 11.3 Å². The molecule has 2 atom stereocenters. The molecule has 20 heavy (non-hydrogen) atoms. The van der Waals surface area contributed by atoms with E-state index in [2.05, 4.69) is 45.7 Å². The number of H-pyrrole nitrogens is 1. The summed E-state index contributed by atoms with van der Waals surface area (Å²) in [7, 11) is 0. The van der Waals surface area contributed by atoms with Crippen molar-refractivity contribution in [3.8, 4) is 0 Å². The molecular weight excluding hydrogens is 274 g/mol. The topological polar surface area (TPSA) is 82.7 Å². The van der Waals surface area contributed by atoms with Crippen molar-refractivity contribution in [3.05, 3.63) is 33.5 Å². The molecule has 2 aromatic rings.